The van der Waals surface area contributed by atoms with Gasteiger partial charge in [0.05, 0.1) is 11.9 Å². The van der Waals surface area contributed by atoms with Gasteiger partial charge in [0.2, 0.25) is 0 Å². The molecule has 1 heterocycles. The Morgan fingerprint density at radius 3 is 2.30 bits per heavy atom. The van der Waals surface area contributed by atoms with E-state index in [4.69, 9.17) is 9.15 Å². The molecule has 0 saturated carbocycles. The highest BCUT2D eigenvalue weighted by atomic mass is 79.9. The normalized spacial score (nSPS) is 12.6. The number of alkyl halides is 1. The Morgan fingerprint density at radius 2 is 1.80 bits per heavy atom. The van der Waals surface area contributed by atoms with E-state index in [9.17, 15) is 0 Å². The number of ether oxygens (including phenoxy) is 1. The lowest BCUT2D eigenvalue weighted by molar-refractivity contribution is 0.406. The van der Waals surface area contributed by atoms with Crippen LogP contribution in [0.15, 0.2) is 21.0 Å². The molecule has 1 aromatic heterocycles. The molecule has 4 heteroatoms. The van der Waals surface area contributed by atoms with Crippen molar-refractivity contribution in [2.24, 2.45) is 0 Å². The van der Waals surface area contributed by atoms with Gasteiger partial charge in [0, 0.05) is 15.6 Å². The predicted molar refractivity (Wildman–Crippen MR) is 89.1 cm³/mol. The van der Waals surface area contributed by atoms with Crippen molar-refractivity contribution in [1.29, 1.82) is 0 Å². The van der Waals surface area contributed by atoms with E-state index in [-0.39, 0.29) is 4.83 Å². The highest BCUT2D eigenvalue weighted by Crippen LogP contribution is 2.44. The monoisotopic (exact) mass is 400 g/mol. The Balaban J connectivity index is 2.65. The van der Waals surface area contributed by atoms with E-state index in [2.05, 4.69) is 57.8 Å². The fourth-order valence-electron chi connectivity index (χ4n) is 2.51. The van der Waals surface area contributed by atoms with E-state index >= 15 is 0 Å². The lowest BCUT2D eigenvalue weighted by atomic mass is 9.97. The van der Waals surface area contributed by atoms with Crippen molar-refractivity contribution in [2.75, 3.05) is 7.11 Å². The first-order valence-corrected chi connectivity index (χ1v) is 8.12. The summed E-state index contributed by atoms with van der Waals surface area (Å²) >= 11 is 7.43. The summed E-state index contributed by atoms with van der Waals surface area (Å²) in [5.41, 5.74) is 4.57. The number of benzene rings is 1. The Kier molecular flexibility index (Phi) is 4.65. The number of rotatable bonds is 3. The molecule has 1 atom stereocenters. The highest BCUT2D eigenvalue weighted by molar-refractivity contribution is 9.10. The molecule has 1 unspecified atom stereocenters. The topological polar surface area (TPSA) is 22.4 Å². The maximum Gasteiger partial charge on any atom is 0.126 e. The second-order valence-corrected chi connectivity index (χ2v) is 6.75. The molecule has 0 fully saturated rings. The summed E-state index contributed by atoms with van der Waals surface area (Å²) in [6.07, 6.45) is 0. The first-order valence-electron chi connectivity index (χ1n) is 6.41. The summed E-state index contributed by atoms with van der Waals surface area (Å²) in [5, 5.41) is 0. The van der Waals surface area contributed by atoms with Gasteiger partial charge in [0.1, 0.15) is 17.3 Å². The minimum atomic E-state index is 0.0473. The fraction of sp³-hybridized carbons (Fsp3) is 0.375. The average Bonchev–Trinajstić information content (AvgIpc) is 2.71. The van der Waals surface area contributed by atoms with E-state index < -0.39 is 0 Å². The van der Waals surface area contributed by atoms with Gasteiger partial charge in [-0.05, 0) is 51.0 Å². The minimum Gasteiger partial charge on any atom is -0.496 e. The molecule has 2 nitrogen and oxygen atoms in total. The lowest BCUT2D eigenvalue weighted by Gasteiger charge is -2.20. The van der Waals surface area contributed by atoms with Crippen LogP contribution in [0.5, 0.6) is 5.75 Å². The standard InChI is InChI=1S/C16H18Br2O2/c1-8-6-13(17)10(3)14(16(8)19-5)15(18)12-7-9(2)20-11(12)4/h6-7,15H,1-5H3. The first-order chi connectivity index (χ1) is 9.36. The van der Waals surface area contributed by atoms with Crippen LogP contribution in [-0.2, 0) is 0 Å². The summed E-state index contributed by atoms with van der Waals surface area (Å²) in [6, 6.07) is 4.16. The predicted octanol–water partition coefficient (Wildman–Crippen LogP) is 5.77. The van der Waals surface area contributed by atoms with Gasteiger partial charge < -0.3 is 9.15 Å². The molecule has 0 aliphatic heterocycles. The van der Waals surface area contributed by atoms with Crippen molar-refractivity contribution in [3.8, 4) is 5.75 Å². The molecular weight excluding hydrogens is 384 g/mol. The Morgan fingerprint density at radius 1 is 1.15 bits per heavy atom. The Bertz CT molecular complexity index is 644. The number of aryl methyl sites for hydroxylation is 3. The maximum absolute atomic E-state index is 5.65. The molecule has 20 heavy (non-hydrogen) atoms. The third kappa shape index (κ3) is 2.68. The molecule has 2 aromatic rings. The molecule has 0 radical (unpaired) electrons. The molecular formula is C16H18Br2O2. The lowest BCUT2D eigenvalue weighted by Crippen LogP contribution is -2.03. The number of hydrogen-bond acceptors (Lipinski definition) is 2. The van der Waals surface area contributed by atoms with E-state index in [1.165, 1.54) is 5.56 Å². The van der Waals surface area contributed by atoms with E-state index in [1.807, 2.05) is 13.8 Å². The van der Waals surface area contributed by atoms with Gasteiger partial charge in [0.15, 0.2) is 0 Å². The van der Waals surface area contributed by atoms with Crippen molar-refractivity contribution in [3.05, 3.63) is 50.4 Å². The second kappa shape index (κ2) is 5.94. The largest absolute Gasteiger partial charge is 0.496 e. The zero-order chi connectivity index (χ0) is 15.0. The third-order valence-corrected chi connectivity index (χ3v) is 5.29. The summed E-state index contributed by atoms with van der Waals surface area (Å²) in [5.74, 6) is 2.78. The Labute approximate surface area is 136 Å². The highest BCUT2D eigenvalue weighted by Gasteiger charge is 2.24. The third-order valence-electron chi connectivity index (χ3n) is 3.52. The Hall–Kier alpha value is -0.740. The van der Waals surface area contributed by atoms with Crippen LogP contribution >= 0.6 is 31.9 Å². The molecule has 0 N–H and O–H groups in total. The maximum atomic E-state index is 5.65. The molecule has 0 saturated heterocycles. The molecule has 2 rings (SSSR count). The van der Waals surface area contributed by atoms with Gasteiger partial charge in [-0.2, -0.15) is 0 Å². The van der Waals surface area contributed by atoms with Crippen LogP contribution in [0.25, 0.3) is 0 Å². The van der Waals surface area contributed by atoms with Crippen LogP contribution in [0, 0.1) is 27.7 Å². The van der Waals surface area contributed by atoms with Gasteiger partial charge in [-0.3, -0.25) is 0 Å². The van der Waals surface area contributed by atoms with E-state index in [1.54, 1.807) is 7.11 Å². The average molecular weight is 402 g/mol. The summed E-state index contributed by atoms with van der Waals surface area (Å²) in [4.78, 5) is 0.0473. The number of halogens is 2. The number of methoxy groups -OCH3 is 1. The van der Waals surface area contributed by atoms with Crippen molar-refractivity contribution in [3.63, 3.8) is 0 Å². The van der Waals surface area contributed by atoms with E-state index in [0.717, 1.165) is 38.4 Å². The van der Waals surface area contributed by atoms with Crippen molar-refractivity contribution < 1.29 is 9.15 Å². The smallest absolute Gasteiger partial charge is 0.126 e. The van der Waals surface area contributed by atoms with Crippen LogP contribution in [0.2, 0.25) is 0 Å². The zero-order valence-electron chi connectivity index (χ0n) is 12.3. The molecule has 0 aliphatic rings. The summed E-state index contributed by atoms with van der Waals surface area (Å²) in [6.45, 7) is 8.10. The zero-order valence-corrected chi connectivity index (χ0v) is 15.5. The second-order valence-electron chi connectivity index (χ2n) is 4.98. The van der Waals surface area contributed by atoms with Crippen LogP contribution in [0.1, 0.15) is 38.6 Å². The number of hydrogen-bond donors (Lipinski definition) is 0. The minimum absolute atomic E-state index is 0.0473. The SMILES string of the molecule is COc1c(C)cc(Br)c(C)c1C(Br)c1cc(C)oc1C. The van der Waals surface area contributed by atoms with Crippen molar-refractivity contribution in [1.82, 2.24) is 0 Å². The van der Waals surface area contributed by atoms with Crippen LogP contribution in [-0.4, -0.2) is 7.11 Å². The quantitative estimate of drug-likeness (QED) is 0.609. The molecule has 1 aromatic carbocycles. The van der Waals surface area contributed by atoms with Gasteiger partial charge in [0.25, 0.3) is 0 Å². The van der Waals surface area contributed by atoms with Gasteiger partial charge in [-0.25, -0.2) is 0 Å². The fourth-order valence-corrected chi connectivity index (χ4v) is 4.07. The first kappa shape index (κ1) is 15.6. The summed E-state index contributed by atoms with van der Waals surface area (Å²) < 4.78 is 12.4. The van der Waals surface area contributed by atoms with E-state index in [0.29, 0.717) is 0 Å². The molecule has 0 bridgehead atoms. The van der Waals surface area contributed by atoms with Crippen LogP contribution < -0.4 is 4.74 Å². The molecule has 108 valence electrons. The molecule has 0 spiro atoms. The van der Waals surface area contributed by atoms with Crippen molar-refractivity contribution >= 4 is 31.9 Å². The van der Waals surface area contributed by atoms with Crippen LogP contribution in [0.4, 0.5) is 0 Å². The number of furan rings is 1. The molecule has 0 amide bonds. The van der Waals surface area contributed by atoms with Gasteiger partial charge >= 0.3 is 0 Å². The van der Waals surface area contributed by atoms with Gasteiger partial charge in [-0.1, -0.05) is 31.9 Å². The summed E-state index contributed by atoms with van der Waals surface area (Å²) in [7, 11) is 1.71. The van der Waals surface area contributed by atoms with Crippen molar-refractivity contribution in [2.45, 2.75) is 32.5 Å². The van der Waals surface area contributed by atoms with Gasteiger partial charge in [-0.15, -0.1) is 0 Å². The van der Waals surface area contributed by atoms with Crippen LogP contribution in [0.3, 0.4) is 0 Å². The molecule has 0 aliphatic carbocycles.